The van der Waals surface area contributed by atoms with Crippen LogP contribution in [0.5, 0.6) is 0 Å². The molecule has 0 saturated carbocycles. The van der Waals surface area contributed by atoms with Gasteiger partial charge in [0.1, 0.15) is 0 Å². The number of amides is 1. The van der Waals surface area contributed by atoms with Crippen LogP contribution in [0, 0.1) is 10.1 Å². The standard InChI is InChI=1S/C12H17ClN4O3/c1-16(2)5-3-4-15-12(18)9-6-8(17(19)20)7-10(13)11(9)14/h6-7H,3-5,14H2,1-2H3,(H,15,18). The molecule has 0 spiro atoms. The number of nitro benzene ring substituents is 1. The van der Waals surface area contributed by atoms with Crippen LogP contribution in [-0.2, 0) is 0 Å². The molecule has 0 atom stereocenters. The number of rotatable bonds is 6. The smallest absolute Gasteiger partial charge is 0.271 e. The molecule has 20 heavy (non-hydrogen) atoms. The average molecular weight is 301 g/mol. The molecule has 0 bridgehead atoms. The first-order valence-corrected chi connectivity index (χ1v) is 6.37. The van der Waals surface area contributed by atoms with Crippen molar-refractivity contribution >= 4 is 28.9 Å². The molecule has 1 aromatic rings. The van der Waals surface area contributed by atoms with E-state index >= 15 is 0 Å². The quantitative estimate of drug-likeness (QED) is 0.359. The van der Waals surface area contributed by atoms with E-state index in [0.717, 1.165) is 25.1 Å². The SMILES string of the molecule is CN(C)CCCNC(=O)c1cc([N+](=O)[O-])cc(Cl)c1N. The van der Waals surface area contributed by atoms with Gasteiger partial charge in [-0.3, -0.25) is 14.9 Å². The molecule has 0 heterocycles. The van der Waals surface area contributed by atoms with Gasteiger partial charge in [0, 0.05) is 18.7 Å². The summed E-state index contributed by atoms with van der Waals surface area (Å²) in [5, 5.41) is 13.4. The number of hydrogen-bond donors (Lipinski definition) is 2. The van der Waals surface area contributed by atoms with Gasteiger partial charge in [-0.15, -0.1) is 0 Å². The predicted octanol–water partition coefficient (Wildman–Crippen LogP) is 1.51. The van der Waals surface area contributed by atoms with E-state index < -0.39 is 10.8 Å². The highest BCUT2D eigenvalue weighted by Crippen LogP contribution is 2.28. The summed E-state index contributed by atoms with van der Waals surface area (Å²) in [4.78, 5) is 24.1. The van der Waals surface area contributed by atoms with Crippen molar-refractivity contribution in [2.24, 2.45) is 0 Å². The molecule has 0 radical (unpaired) electrons. The van der Waals surface area contributed by atoms with Crippen molar-refractivity contribution in [1.82, 2.24) is 10.2 Å². The van der Waals surface area contributed by atoms with Crippen LogP contribution >= 0.6 is 11.6 Å². The molecule has 3 N–H and O–H groups in total. The fraction of sp³-hybridized carbons (Fsp3) is 0.417. The van der Waals surface area contributed by atoms with Gasteiger partial charge >= 0.3 is 0 Å². The van der Waals surface area contributed by atoms with Crippen molar-refractivity contribution in [3.8, 4) is 0 Å². The summed E-state index contributed by atoms with van der Waals surface area (Å²) in [6, 6.07) is 2.25. The zero-order chi connectivity index (χ0) is 15.3. The lowest BCUT2D eigenvalue weighted by Gasteiger charge is -2.11. The molecule has 1 rings (SSSR count). The average Bonchev–Trinajstić information content (AvgIpc) is 2.36. The van der Waals surface area contributed by atoms with Crippen molar-refractivity contribution in [1.29, 1.82) is 0 Å². The van der Waals surface area contributed by atoms with E-state index in [2.05, 4.69) is 5.32 Å². The highest BCUT2D eigenvalue weighted by atomic mass is 35.5. The fourth-order valence-electron chi connectivity index (χ4n) is 1.59. The topological polar surface area (TPSA) is 102 Å². The van der Waals surface area contributed by atoms with Crippen molar-refractivity contribution in [3.63, 3.8) is 0 Å². The van der Waals surface area contributed by atoms with E-state index in [1.165, 1.54) is 0 Å². The monoisotopic (exact) mass is 300 g/mol. The zero-order valence-electron chi connectivity index (χ0n) is 11.4. The van der Waals surface area contributed by atoms with Gasteiger partial charge in [-0.05, 0) is 27.1 Å². The van der Waals surface area contributed by atoms with Crippen molar-refractivity contribution in [3.05, 3.63) is 32.8 Å². The summed E-state index contributed by atoms with van der Waals surface area (Å²) >= 11 is 5.79. The van der Waals surface area contributed by atoms with Crippen LogP contribution in [0.3, 0.4) is 0 Å². The number of hydrogen-bond acceptors (Lipinski definition) is 5. The highest BCUT2D eigenvalue weighted by molar-refractivity contribution is 6.34. The van der Waals surface area contributed by atoms with Crippen LogP contribution < -0.4 is 11.1 Å². The Labute approximate surface area is 121 Å². The predicted molar refractivity (Wildman–Crippen MR) is 78.0 cm³/mol. The second kappa shape index (κ2) is 7.06. The fourth-order valence-corrected chi connectivity index (χ4v) is 1.80. The van der Waals surface area contributed by atoms with E-state index in [9.17, 15) is 14.9 Å². The van der Waals surface area contributed by atoms with Crippen molar-refractivity contribution < 1.29 is 9.72 Å². The maximum absolute atomic E-state index is 12.0. The summed E-state index contributed by atoms with van der Waals surface area (Å²) in [6.07, 6.45) is 0.765. The maximum Gasteiger partial charge on any atom is 0.271 e. The molecule has 8 heteroatoms. The first-order valence-electron chi connectivity index (χ1n) is 5.99. The van der Waals surface area contributed by atoms with Crippen LogP contribution in [0.15, 0.2) is 12.1 Å². The minimum absolute atomic E-state index is 0.00218. The summed E-state index contributed by atoms with van der Waals surface area (Å²) in [6.45, 7) is 1.28. The highest BCUT2D eigenvalue weighted by Gasteiger charge is 2.18. The Bertz CT molecular complexity index is 520. The minimum atomic E-state index is -0.617. The lowest BCUT2D eigenvalue weighted by Crippen LogP contribution is -2.27. The Kier molecular flexibility index (Phi) is 5.72. The van der Waals surface area contributed by atoms with Gasteiger partial charge in [0.05, 0.1) is 21.2 Å². The molecule has 0 unspecified atom stereocenters. The van der Waals surface area contributed by atoms with Crippen LogP contribution in [0.2, 0.25) is 5.02 Å². The number of benzene rings is 1. The summed E-state index contributed by atoms with van der Waals surface area (Å²) in [7, 11) is 3.86. The third kappa shape index (κ3) is 4.36. The molecular formula is C12H17ClN4O3. The van der Waals surface area contributed by atoms with Gasteiger partial charge in [0.15, 0.2) is 0 Å². The number of nitro groups is 1. The maximum atomic E-state index is 12.0. The van der Waals surface area contributed by atoms with Gasteiger partial charge < -0.3 is 16.0 Å². The molecule has 0 fully saturated rings. The van der Waals surface area contributed by atoms with Crippen LogP contribution in [0.25, 0.3) is 0 Å². The molecular weight excluding hydrogens is 284 g/mol. The Morgan fingerprint density at radius 2 is 2.15 bits per heavy atom. The zero-order valence-corrected chi connectivity index (χ0v) is 12.1. The summed E-state index contributed by atoms with van der Waals surface area (Å²) in [5.41, 5.74) is 5.49. The normalized spacial score (nSPS) is 10.6. The lowest BCUT2D eigenvalue weighted by atomic mass is 10.1. The van der Waals surface area contributed by atoms with Crippen molar-refractivity contribution in [2.75, 3.05) is 32.9 Å². The Morgan fingerprint density at radius 1 is 1.50 bits per heavy atom. The molecule has 0 aliphatic carbocycles. The van der Waals surface area contributed by atoms with E-state index in [-0.39, 0.29) is 22.0 Å². The number of nitrogens with zero attached hydrogens (tertiary/aromatic N) is 2. The van der Waals surface area contributed by atoms with Gasteiger partial charge in [0.25, 0.3) is 11.6 Å². The van der Waals surface area contributed by atoms with Crippen LogP contribution in [-0.4, -0.2) is 42.9 Å². The molecule has 1 amide bonds. The molecule has 0 aliphatic rings. The third-order valence-electron chi connectivity index (χ3n) is 2.64. The Morgan fingerprint density at radius 3 is 2.70 bits per heavy atom. The van der Waals surface area contributed by atoms with Gasteiger partial charge in [-0.1, -0.05) is 11.6 Å². The minimum Gasteiger partial charge on any atom is -0.397 e. The van der Waals surface area contributed by atoms with Crippen LogP contribution in [0.4, 0.5) is 11.4 Å². The molecule has 1 aromatic carbocycles. The summed E-state index contributed by atoms with van der Waals surface area (Å²) < 4.78 is 0. The molecule has 0 saturated heterocycles. The van der Waals surface area contributed by atoms with Gasteiger partial charge in [0.2, 0.25) is 0 Å². The Hall–Kier alpha value is -1.86. The lowest BCUT2D eigenvalue weighted by molar-refractivity contribution is -0.384. The molecule has 7 nitrogen and oxygen atoms in total. The van der Waals surface area contributed by atoms with E-state index in [1.54, 1.807) is 0 Å². The van der Waals surface area contributed by atoms with E-state index in [4.69, 9.17) is 17.3 Å². The summed E-state index contributed by atoms with van der Waals surface area (Å²) in [5.74, 6) is -0.466. The van der Waals surface area contributed by atoms with Crippen molar-refractivity contribution in [2.45, 2.75) is 6.42 Å². The second-order valence-electron chi connectivity index (χ2n) is 4.56. The second-order valence-corrected chi connectivity index (χ2v) is 4.97. The van der Waals surface area contributed by atoms with Crippen LogP contribution in [0.1, 0.15) is 16.8 Å². The van der Waals surface area contributed by atoms with E-state index in [1.807, 2.05) is 19.0 Å². The molecule has 0 aromatic heterocycles. The number of non-ortho nitro benzene ring substituents is 1. The van der Waals surface area contributed by atoms with E-state index in [0.29, 0.717) is 6.54 Å². The number of nitrogens with one attached hydrogen (secondary N) is 1. The number of anilines is 1. The Balaban J connectivity index is 2.79. The van der Waals surface area contributed by atoms with Gasteiger partial charge in [-0.2, -0.15) is 0 Å². The molecule has 110 valence electrons. The third-order valence-corrected chi connectivity index (χ3v) is 2.95. The van der Waals surface area contributed by atoms with Gasteiger partial charge in [-0.25, -0.2) is 0 Å². The number of nitrogen functional groups attached to an aromatic ring is 1. The number of carbonyl (C=O) groups is 1. The number of carbonyl (C=O) groups excluding carboxylic acids is 1. The molecule has 0 aliphatic heterocycles. The number of halogens is 1. The largest absolute Gasteiger partial charge is 0.397 e. The number of nitrogens with two attached hydrogens (primary N) is 1. The first kappa shape index (κ1) is 16.2. The first-order chi connectivity index (χ1) is 9.32.